The molecule has 0 spiro atoms. The summed E-state index contributed by atoms with van der Waals surface area (Å²) in [6.45, 7) is 6.69. The van der Waals surface area contributed by atoms with Gasteiger partial charge in [-0.05, 0) is 31.6 Å². The fourth-order valence-corrected chi connectivity index (χ4v) is 3.76. The highest BCUT2D eigenvalue weighted by molar-refractivity contribution is 5.84. The van der Waals surface area contributed by atoms with E-state index in [0.29, 0.717) is 32.2 Å². The quantitative estimate of drug-likeness (QED) is 0.823. The lowest BCUT2D eigenvalue weighted by atomic mass is 9.74. The van der Waals surface area contributed by atoms with Crippen LogP contribution in [0.3, 0.4) is 0 Å². The molecule has 4 nitrogen and oxygen atoms in total. The number of carbonyl (C=O) groups excluding carboxylic acids is 1. The summed E-state index contributed by atoms with van der Waals surface area (Å²) in [7, 11) is 0. The molecule has 0 radical (unpaired) electrons. The summed E-state index contributed by atoms with van der Waals surface area (Å²) in [4.78, 5) is 14.9. The van der Waals surface area contributed by atoms with Gasteiger partial charge >= 0.3 is 0 Å². The predicted octanol–water partition coefficient (Wildman–Crippen LogP) is 1.42. The van der Waals surface area contributed by atoms with Gasteiger partial charge in [0.15, 0.2) is 0 Å². The van der Waals surface area contributed by atoms with Crippen LogP contribution in [-0.4, -0.2) is 48.3 Å². The SMILES string of the molecule is CC1(C)CN(C(=O)C2(C3CC3)CCOCC2)C[C@@H]1O. The van der Waals surface area contributed by atoms with Crippen molar-refractivity contribution in [1.29, 1.82) is 0 Å². The summed E-state index contributed by atoms with van der Waals surface area (Å²) in [5.41, 5.74) is -0.357. The van der Waals surface area contributed by atoms with Gasteiger partial charge in [-0.3, -0.25) is 4.79 Å². The molecule has 3 aliphatic rings. The molecule has 2 saturated heterocycles. The van der Waals surface area contributed by atoms with E-state index in [0.717, 1.165) is 12.8 Å². The van der Waals surface area contributed by atoms with Crippen molar-refractivity contribution < 1.29 is 14.6 Å². The molecule has 1 amide bonds. The minimum Gasteiger partial charge on any atom is -0.391 e. The number of likely N-dealkylation sites (tertiary alicyclic amines) is 1. The van der Waals surface area contributed by atoms with Gasteiger partial charge in [0.1, 0.15) is 0 Å². The molecule has 2 aliphatic heterocycles. The van der Waals surface area contributed by atoms with Crippen LogP contribution in [0.1, 0.15) is 39.5 Å². The molecule has 1 N–H and O–H groups in total. The van der Waals surface area contributed by atoms with Gasteiger partial charge in [-0.2, -0.15) is 0 Å². The van der Waals surface area contributed by atoms with Crippen LogP contribution in [0.5, 0.6) is 0 Å². The van der Waals surface area contributed by atoms with Crippen LogP contribution in [0, 0.1) is 16.7 Å². The fourth-order valence-electron chi connectivity index (χ4n) is 3.76. The second kappa shape index (κ2) is 4.45. The van der Waals surface area contributed by atoms with Crippen molar-refractivity contribution in [3.05, 3.63) is 0 Å². The molecular weight excluding hydrogens is 242 g/mol. The van der Waals surface area contributed by atoms with Gasteiger partial charge < -0.3 is 14.7 Å². The predicted molar refractivity (Wildman–Crippen MR) is 71.6 cm³/mol. The average molecular weight is 267 g/mol. The van der Waals surface area contributed by atoms with E-state index in [-0.39, 0.29) is 16.7 Å². The Balaban J connectivity index is 1.78. The Bertz CT molecular complexity index is 370. The number of carbonyl (C=O) groups is 1. The summed E-state index contributed by atoms with van der Waals surface area (Å²) >= 11 is 0. The molecule has 0 unspecified atom stereocenters. The Morgan fingerprint density at radius 1 is 1.26 bits per heavy atom. The highest BCUT2D eigenvalue weighted by Crippen LogP contribution is 2.53. The maximum absolute atomic E-state index is 13.0. The number of rotatable bonds is 2. The van der Waals surface area contributed by atoms with Gasteiger partial charge in [-0.15, -0.1) is 0 Å². The minimum absolute atomic E-state index is 0.175. The molecule has 1 aliphatic carbocycles. The minimum atomic E-state index is -0.396. The Morgan fingerprint density at radius 3 is 2.37 bits per heavy atom. The number of hydrogen-bond acceptors (Lipinski definition) is 3. The molecule has 3 fully saturated rings. The number of amides is 1. The third-order valence-corrected chi connectivity index (χ3v) is 5.35. The van der Waals surface area contributed by atoms with E-state index in [1.165, 1.54) is 12.8 Å². The lowest BCUT2D eigenvalue weighted by molar-refractivity contribution is -0.149. The number of aliphatic hydroxyl groups is 1. The maximum Gasteiger partial charge on any atom is 0.229 e. The number of aliphatic hydroxyl groups excluding tert-OH is 1. The molecule has 2 heterocycles. The largest absolute Gasteiger partial charge is 0.391 e. The van der Waals surface area contributed by atoms with Gasteiger partial charge in [0.2, 0.25) is 5.91 Å². The average Bonchev–Trinajstić information content (AvgIpc) is 3.18. The van der Waals surface area contributed by atoms with E-state index in [9.17, 15) is 9.90 Å². The summed E-state index contributed by atoms with van der Waals surface area (Å²) < 4.78 is 5.46. The van der Waals surface area contributed by atoms with Crippen LogP contribution in [0.15, 0.2) is 0 Å². The van der Waals surface area contributed by atoms with Crippen molar-refractivity contribution in [2.24, 2.45) is 16.7 Å². The van der Waals surface area contributed by atoms with Gasteiger partial charge in [0.05, 0.1) is 11.5 Å². The van der Waals surface area contributed by atoms with Crippen molar-refractivity contribution in [2.75, 3.05) is 26.3 Å². The summed E-state index contributed by atoms with van der Waals surface area (Å²) in [6, 6.07) is 0. The maximum atomic E-state index is 13.0. The first-order chi connectivity index (χ1) is 8.96. The second-order valence-corrected chi connectivity index (χ2v) is 7.23. The molecule has 0 aromatic rings. The topological polar surface area (TPSA) is 49.8 Å². The molecular formula is C15H25NO3. The van der Waals surface area contributed by atoms with Crippen molar-refractivity contribution in [3.8, 4) is 0 Å². The van der Waals surface area contributed by atoms with Crippen LogP contribution in [0.25, 0.3) is 0 Å². The zero-order chi connectivity index (χ0) is 13.7. The zero-order valence-corrected chi connectivity index (χ0v) is 12.0. The highest BCUT2D eigenvalue weighted by atomic mass is 16.5. The Hall–Kier alpha value is -0.610. The van der Waals surface area contributed by atoms with Crippen LogP contribution in [0.2, 0.25) is 0 Å². The summed E-state index contributed by atoms with van der Waals surface area (Å²) in [6.07, 6.45) is 3.71. The van der Waals surface area contributed by atoms with E-state index < -0.39 is 6.10 Å². The standard InChI is InChI=1S/C15H25NO3/c1-14(2)10-16(9-12(14)17)13(18)15(11-3-4-11)5-7-19-8-6-15/h11-12,17H,3-10H2,1-2H3/t12-/m0/s1. The van der Waals surface area contributed by atoms with Gasteiger partial charge in [0.25, 0.3) is 0 Å². The van der Waals surface area contributed by atoms with E-state index >= 15 is 0 Å². The van der Waals surface area contributed by atoms with E-state index in [1.54, 1.807) is 0 Å². The van der Waals surface area contributed by atoms with E-state index in [2.05, 4.69) is 0 Å². The molecule has 108 valence electrons. The van der Waals surface area contributed by atoms with Crippen LogP contribution >= 0.6 is 0 Å². The smallest absolute Gasteiger partial charge is 0.229 e. The molecule has 0 bridgehead atoms. The summed E-state index contributed by atoms with van der Waals surface area (Å²) in [5, 5.41) is 10.1. The van der Waals surface area contributed by atoms with Crippen LogP contribution in [0.4, 0.5) is 0 Å². The number of ether oxygens (including phenoxy) is 1. The fraction of sp³-hybridized carbons (Fsp3) is 0.933. The molecule has 4 heteroatoms. The Labute approximate surface area is 115 Å². The lowest BCUT2D eigenvalue weighted by Gasteiger charge is -2.39. The zero-order valence-electron chi connectivity index (χ0n) is 12.0. The normalized spacial score (nSPS) is 33.4. The molecule has 0 aromatic heterocycles. The second-order valence-electron chi connectivity index (χ2n) is 7.23. The van der Waals surface area contributed by atoms with Gasteiger partial charge in [0, 0.05) is 31.7 Å². The number of nitrogens with zero attached hydrogens (tertiary/aromatic N) is 1. The Morgan fingerprint density at radius 2 is 1.89 bits per heavy atom. The first kappa shape index (κ1) is 13.4. The first-order valence-corrected chi connectivity index (χ1v) is 7.51. The molecule has 1 saturated carbocycles. The third kappa shape index (κ3) is 2.19. The number of hydrogen-bond donors (Lipinski definition) is 1. The van der Waals surface area contributed by atoms with Gasteiger partial charge in [-0.1, -0.05) is 13.8 Å². The molecule has 19 heavy (non-hydrogen) atoms. The summed E-state index contributed by atoms with van der Waals surface area (Å²) in [5.74, 6) is 0.840. The first-order valence-electron chi connectivity index (χ1n) is 7.51. The lowest BCUT2D eigenvalue weighted by Crippen LogP contribution is -2.48. The monoisotopic (exact) mass is 267 g/mol. The van der Waals surface area contributed by atoms with Crippen molar-refractivity contribution in [2.45, 2.75) is 45.6 Å². The Kier molecular flexibility index (Phi) is 3.13. The van der Waals surface area contributed by atoms with Gasteiger partial charge in [-0.25, -0.2) is 0 Å². The third-order valence-electron chi connectivity index (χ3n) is 5.35. The molecule has 0 aromatic carbocycles. The van der Waals surface area contributed by atoms with E-state index in [1.807, 2.05) is 18.7 Å². The van der Waals surface area contributed by atoms with E-state index in [4.69, 9.17) is 4.74 Å². The van der Waals surface area contributed by atoms with Crippen LogP contribution < -0.4 is 0 Å². The number of β-amino-alcohol motifs (C(OH)–C–C–N with tert-alkyl or cyclic N) is 1. The van der Waals surface area contributed by atoms with Crippen LogP contribution in [-0.2, 0) is 9.53 Å². The van der Waals surface area contributed by atoms with Crippen molar-refractivity contribution in [3.63, 3.8) is 0 Å². The van der Waals surface area contributed by atoms with Crippen molar-refractivity contribution in [1.82, 2.24) is 4.90 Å². The molecule has 1 atom stereocenters. The molecule has 3 rings (SSSR count). The highest BCUT2D eigenvalue weighted by Gasteiger charge is 2.54. The van der Waals surface area contributed by atoms with Crippen molar-refractivity contribution >= 4 is 5.91 Å².